The van der Waals surface area contributed by atoms with Gasteiger partial charge in [-0.1, -0.05) is 0 Å². The Morgan fingerprint density at radius 3 is 3.11 bits per heavy atom. The first kappa shape index (κ1) is 11.0. The fourth-order valence-corrected chi connectivity index (χ4v) is 2.64. The molecular weight excluding hydrogens is 254 g/mol. The molecule has 3 aromatic heterocycles. The predicted octanol–water partition coefficient (Wildman–Crippen LogP) is 0.884. The van der Waals surface area contributed by atoms with E-state index in [4.69, 9.17) is 0 Å². The molecule has 0 saturated heterocycles. The van der Waals surface area contributed by atoms with Gasteiger partial charge < -0.3 is 4.74 Å². The molecule has 0 aromatic carbocycles. The third kappa shape index (κ3) is 1.52. The summed E-state index contributed by atoms with van der Waals surface area (Å²) in [6.07, 6.45) is 1.54. The lowest BCUT2D eigenvalue weighted by Gasteiger charge is -2.03. The Labute approximate surface area is 105 Å². The Hall–Kier alpha value is -2.15. The number of fused-ring (bicyclic) bond motifs is 3. The molecule has 0 N–H and O–H groups in total. The number of methoxy groups -OCH3 is 1. The number of rotatable bonds is 2. The van der Waals surface area contributed by atoms with Crippen molar-refractivity contribution in [2.24, 2.45) is 0 Å². The van der Waals surface area contributed by atoms with Gasteiger partial charge in [0.2, 0.25) is 0 Å². The van der Waals surface area contributed by atoms with Crippen LogP contribution in [-0.2, 0) is 16.1 Å². The van der Waals surface area contributed by atoms with Gasteiger partial charge in [-0.25, -0.2) is 4.68 Å². The van der Waals surface area contributed by atoms with E-state index in [1.807, 2.05) is 11.4 Å². The van der Waals surface area contributed by atoms with Gasteiger partial charge in [0.1, 0.15) is 18.4 Å². The molecule has 3 heterocycles. The van der Waals surface area contributed by atoms with Crippen LogP contribution in [0.4, 0.5) is 0 Å². The van der Waals surface area contributed by atoms with Crippen molar-refractivity contribution in [3.8, 4) is 0 Å². The third-order valence-corrected chi connectivity index (χ3v) is 3.58. The number of carbonyl (C=O) groups excluding carboxylic acids is 1. The van der Waals surface area contributed by atoms with E-state index >= 15 is 0 Å². The lowest BCUT2D eigenvalue weighted by atomic mass is 10.5. The monoisotopic (exact) mass is 263 g/mol. The van der Waals surface area contributed by atoms with E-state index in [0.717, 1.165) is 14.9 Å². The number of carbonyl (C=O) groups is 1. The van der Waals surface area contributed by atoms with Gasteiger partial charge in [-0.05, 0) is 17.5 Å². The first-order valence-corrected chi connectivity index (χ1v) is 6.10. The van der Waals surface area contributed by atoms with Gasteiger partial charge in [0.15, 0.2) is 0 Å². The Balaban J connectivity index is 2.22. The van der Waals surface area contributed by atoms with Gasteiger partial charge in [-0.3, -0.25) is 14.0 Å². The predicted molar refractivity (Wildman–Crippen MR) is 66.9 cm³/mol. The number of ether oxygens (including phenoxy) is 1. The maximum Gasteiger partial charge on any atom is 0.327 e. The van der Waals surface area contributed by atoms with Crippen LogP contribution in [0.3, 0.4) is 0 Å². The average Bonchev–Trinajstić information content (AvgIpc) is 2.93. The summed E-state index contributed by atoms with van der Waals surface area (Å²) in [6, 6.07) is 3.73. The van der Waals surface area contributed by atoms with Crippen molar-refractivity contribution in [2.75, 3.05) is 7.11 Å². The van der Waals surface area contributed by atoms with Crippen LogP contribution in [0.1, 0.15) is 0 Å². The van der Waals surface area contributed by atoms with Crippen LogP contribution in [0.25, 0.3) is 15.7 Å². The molecule has 7 heteroatoms. The normalized spacial score (nSPS) is 11.2. The van der Waals surface area contributed by atoms with Crippen LogP contribution >= 0.6 is 11.3 Å². The molecule has 0 aliphatic rings. The topological polar surface area (TPSA) is 65.6 Å². The summed E-state index contributed by atoms with van der Waals surface area (Å²) >= 11 is 1.56. The smallest absolute Gasteiger partial charge is 0.327 e. The molecule has 92 valence electrons. The van der Waals surface area contributed by atoms with E-state index in [0.29, 0.717) is 5.52 Å². The van der Waals surface area contributed by atoms with Crippen molar-refractivity contribution in [1.82, 2.24) is 14.2 Å². The second kappa shape index (κ2) is 3.95. The summed E-state index contributed by atoms with van der Waals surface area (Å²) in [5.74, 6) is -0.498. The summed E-state index contributed by atoms with van der Waals surface area (Å²) in [5, 5.41) is 5.92. The van der Waals surface area contributed by atoms with E-state index in [-0.39, 0.29) is 12.1 Å². The molecule has 0 atom stereocenters. The first-order valence-electron chi connectivity index (χ1n) is 5.22. The Bertz CT molecular complexity index is 799. The largest absolute Gasteiger partial charge is 0.468 e. The molecule has 3 aromatic rings. The zero-order valence-electron chi connectivity index (χ0n) is 9.49. The Morgan fingerprint density at radius 2 is 2.33 bits per heavy atom. The minimum Gasteiger partial charge on any atom is -0.468 e. The highest BCUT2D eigenvalue weighted by Crippen LogP contribution is 2.22. The van der Waals surface area contributed by atoms with Crippen LogP contribution in [0.15, 0.2) is 28.6 Å². The molecule has 3 rings (SSSR count). The molecule has 0 aliphatic heterocycles. The maximum absolute atomic E-state index is 12.1. The number of hydrogen-bond acceptors (Lipinski definition) is 5. The standard InChI is InChI=1S/C11H9N3O3S/c1-17-10(15)5-14-11(16)8-4-9-7(2-3-18-9)13(8)6-12-14/h2-4,6H,5H2,1H3. The SMILES string of the molecule is COC(=O)Cn1ncn2c(cc3sccc32)c1=O. The highest BCUT2D eigenvalue weighted by atomic mass is 32.1. The summed E-state index contributed by atoms with van der Waals surface area (Å²) in [7, 11) is 1.28. The molecule has 0 bridgehead atoms. The molecule has 0 unspecified atom stereocenters. The lowest BCUT2D eigenvalue weighted by molar-refractivity contribution is -0.141. The zero-order chi connectivity index (χ0) is 12.7. The van der Waals surface area contributed by atoms with Crippen molar-refractivity contribution in [3.63, 3.8) is 0 Å². The maximum atomic E-state index is 12.1. The van der Waals surface area contributed by atoms with Crippen molar-refractivity contribution < 1.29 is 9.53 Å². The second-order valence-electron chi connectivity index (χ2n) is 3.74. The van der Waals surface area contributed by atoms with Gasteiger partial charge in [0.25, 0.3) is 5.56 Å². The highest BCUT2D eigenvalue weighted by molar-refractivity contribution is 7.17. The molecule has 0 radical (unpaired) electrons. The van der Waals surface area contributed by atoms with Crippen LogP contribution in [-0.4, -0.2) is 27.3 Å². The van der Waals surface area contributed by atoms with Gasteiger partial charge in [0, 0.05) is 0 Å². The van der Waals surface area contributed by atoms with Crippen molar-refractivity contribution in [1.29, 1.82) is 0 Å². The van der Waals surface area contributed by atoms with Crippen molar-refractivity contribution in [2.45, 2.75) is 6.54 Å². The molecule has 0 aliphatic carbocycles. The summed E-state index contributed by atoms with van der Waals surface area (Å²) < 4.78 is 8.37. The molecule has 18 heavy (non-hydrogen) atoms. The minimum atomic E-state index is -0.498. The van der Waals surface area contributed by atoms with Gasteiger partial charge in [-0.15, -0.1) is 11.3 Å². The molecule has 0 amide bonds. The number of aromatic nitrogens is 3. The molecule has 0 fully saturated rings. The number of nitrogens with zero attached hydrogens (tertiary/aromatic N) is 3. The molecule has 6 nitrogen and oxygen atoms in total. The first-order chi connectivity index (χ1) is 8.70. The zero-order valence-corrected chi connectivity index (χ0v) is 10.3. The quantitative estimate of drug-likeness (QED) is 0.644. The number of esters is 1. The Morgan fingerprint density at radius 1 is 1.50 bits per heavy atom. The minimum absolute atomic E-state index is 0.176. The summed E-state index contributed by atoms with van der Waals surface area (Å²) in [5.41, 5.74) is 1.16. The average molecular weight is 263 g/mol. The van der Waals surface area contributed by atoms with Gasteiger partial charge in [0.05, 0.1) is 17.3 Å². The second-order valence-corrected chi connectivity index (χ2v) is 4.69. The highest BCUT2D eigenvalue weighted by Gasteiger charge is 2.11. The Kier molecular flexibility index (Phi) is 2.41. The van der Waals surface area contributed by atoms with Crippen molar-refractivity contribution in [3.05, 3.63) is 34.2 Å². The van der Waals surface area contributed by atoms with E-state index in [2.05, 4.69) is 9.84 Å². The number of hydrogen-bond donors (Lipinski definition) is 0. The van der Waals surface area contributed by atoms with Gasteiger partial charge >= 0.3 is 5.97 Å². The van der Waals surface area contributed by atoms with Crippen LogP contribution < -0.4 is 5.56 Å². The summed E-state index contributed by atoms with van der Waals surface area (Å²) in [4.78, 5) is 23.3. The third-order valence-electron chi connectivity index (χ3n) is 2.73. The fraction of sp³-hybridized carbons (Fsp3) is 0.182. The molecule has 0 saturated carbocycles. The molecular formula is C11H9N3O3S. The molecule has 0 spiro atoms. The lowest BCUT2D eigenvalue weighted by Crippen LogP contribution is -2.28. The van der Waals surface area contributed by atoms with Gasteiger partial charge in [-0.2, -0.15) is 5.10 Å². The van der Waals surface area contributed by atoms with Crippen LogP contribution in [0.2, 0.25) is 0 Å². The van der Waals surface area contributed by atoms with E-state index < -0.39 is 5.97 Å². The van der Waals surface area contributed by atoms with E-state index in [1.54, 1.807) is 21.8 Å². The van der Waals surface area contributed by atoms with Crippen LogP contribution in [0.5, 0.6) is 0 Å². The van der Waals surface area contributed by atoms with E-state index in [9.17, 15) is 9.59 Å². The number of thiophene rings is 1. The summed E-state index contributed by atoms with van der Waals surface area (Å²) in [6.45, 7) is -0.176. The van der Waals surface area contributed by atoms with Crippen LogP contribution in [0, 0.1) is 0 Å². The fourth-order valence-electron chi connectivity index (χ4n) is 1.83. The van der Waals surface area contributed by atoms with Crippen molar-refractivity contribution >= 4 is 33.0 Å². The van der Waals surface area contributed by atoms with E-state index in [1.165, 1.54) is 13.4 Å².